The van der Waals surface area contributed by atoms with Gasteiger partial charge in [0.1, 0.15) is 12.4 Å². The molecule has 1 saturated heterocycles. The lowest BCUT2D eigenvalue weighted by atomic mass is 10.1. The van der Waals surface area contributed by atoms with Crippen molar-refractivity contribution in [2.75, 3.05) is 33.0 Å². The van der Waals surface area contributed by atoms with Gasteiger partial charge in [-0.05, 0) is 12.6 Å². The zero-order chi connectivity index (χ0) is 14.4. The van der Waals surface area contributed by atoms with Crippen LogP contribution in [-0.2, 0) is 11.3 Å². The first-order valence-corrected chi connectivity index (χ1v) is 7.07. The van der Waals surface area contributed by atoms with E-state index in [1.54, 1.807) is 0 Å². The first-order chi connectivity index (χ1) is 9.76. The van der Waals surface area contributed by atoms with Gasteiger partial charge in [0, 0.05) is 12.1 Å². The molecule has 5 heteroatoms. The quantitative estimate of drug-likeness (QED) is 0.768. The van der Waals surface area contributed by atoms with E-state index in [2.05, 4.69) is 11.8 Å². The minimum atomic E-state index is -0.430. The van der Waals surface area contributed by atoms with E-state index in [-0.39, 0.29) is 19.3 Å². The maximum atomic E-state index is 9.95. The molecule has 2 N–H and O–H groups in total. The Morgan fingerprint density at radius 3 is 2.80 bits per heavy atom. The lowest BCUT2D eigenvalue weighted by molar-refractivity contribution is 0.0800. The summed E-state index contributed by atoms with van der Waals surface area (Å²) in [5.74, 6) is 0.786. The first kappa shape index (κ1) is 15.3. The molecule has 0 aliphatic carbocycles. The molecule has 0 aromatic heterocycles. The molecule has 1 aliphatic rings. The normalized spacial score (nSPS) is 22.4. The lowest BCUT2D eigenvalue weighted by Crippen LogP contribution is -2.42. The molecule has 0 bridgehead atoms. The third-order valence-corrected chi connectivity index (χ3v) is 3.59. The second-order valence-corrected chi connectivity index (χ2v) is 4.92. The number of aliphatic hydroxyl groups is 2. The van der Waals surface area contributed by atoms with Crippen molar-refractivity contribution in [3.63, 3.8) is 0 Å². The third-order valence-electron chi connectivity index (χ3n) is 3.59. The van der Waals surface area contributed by atoms with Crippen LogP contribution in [-0.4, -0.2) is 60.2 Å². The van der Waals surface area contributed by atoms with Crippen LogP contribution in [0.4, 0.5) is 0 Å². The Hall–Kier alpha value is -1.14. The summed E-state index contributed by atoms with van der Waals surface area (Å²) >= 11 is 0. The molecule has 0 spiro atoms. The summed E-state index contributed by atoms with van der Waals surface area (Å²) < 4.78 is 10.9. The van der Waals surface area contributed by atoms with Crippen molar-refractivity contribution < 1.29 is 19.7 Å². The number of hydrogen-bond acceptors (Lipinski definition) is 5. The van der Waals surface area contributed by atoms with Gasteiger partial charge >= 0.3 is 0 Å². The highest BCUT2D eigenvalue weighted by Crippen LogP contribution is 2.23. The van der Waals surface area contributed by atoms with Gasteiger partial charge in [0.25, 0.3) is 0 Å². The van der Waals surface area contributed by atoms with Crippen LogP contribution in [0, 0.1) is 0 Å². The molecule has 20 heavy (non-hydrogen) atoms. The average Bonchev–Trinajstić information content (AvgIpc) is 2.89. The third kappa shape index (κ3) is 3.70. The van der Waals surface area contributed by atoms with Gasteiger partial charge in [-0.25, -0.2) is 0 Å². The molecule has 0 unspecified atom stereocenters. The monoisotopic (exact) mass is 281 g/mol. The first-order valence-electron chi connectivity index (χ1n) is 7.07. The SMILES string of the molecule is CCN(Cc1ccccc1OCCO)[C@@H]1COC[C@H]1O. The van der Waals surface area contributed by atoms with Crippen LogP contribution in [0.2, 0.25) is 0 Å². The molecule has 2 atom stereocenters. The molecule has 2 rings (SSSR count). The minimum Gasteiger partial charge on any atom is -0.491 e. The fourth-order valence-electron chi connectivity index (χ4n) is 2.49. The molecule has 1 fully saturated rings. The Balaban J connectivity index is 2.06. The van der Waals surface area contributed by atoms with Crippen molar-refractivity contribution in [1.82, 2.24) is 4.90 Å². The second kappa shape index (κ2) is 7.59. The molecular weight excluding hydrogens is 258 g/mol. The van der Waals surface area contributed by atoms with Crippen molar-refractivity contribution in [3.05, 3.63) is 29.8 Å². The predicted octanol–water partition coefficient (Wildman–Crippen LogP) is 0.639. The van der Waals surface area contributed by atoms with E-state index in [0.29, 0.717) is 19.8 Å². The predicted molar refractivity (Wildman–Crippen MR) is 75.7 cm³/mol. The van der Waals surface area contributed by atoms with Crippen LogP contribution in [0.3, 0.4) is 0 Å². The highest BCUT2D eigenvalue weighted by Gasteiger charge is 2.31. The maximum absolute atomic E-state index is 9.95. The number of benzene rings is 1. The molecule has 1 aromatic carbocycles. The molecule has 5 nitrogen and oxygen atoms in total. The highest BCUT2D eigenvalue weighted by atomic mass is 16.5. The molecule has 1 aliphatic heterocycles. The van der Waals surface area contributed by atoms with E-state index in [1.807, 2.05) is 24.3 Å². The molecule has 1 heterocycles. The van der Waals surface area contributed by atoms with Crippen LogP contribution in [0.15, 0.2) is 24.3 Å². The van der Waals surface area contributed by atoms with Crippen molar-refractivity contribution in [2.24, 2.45) is 0 Å². The Labute approximate surface area is 119 Å². The summed E-state index contributed by atoms with van der Waals surface area (Å²) in [5, 5.41) is 18.8. The summed E-state index contributed by atoms with van der Waals surface area (Å²) in [5.41, 5.74) is 1.06. The van der Waals surface area contributed by atoms with Gasteiger partial charge in [0.2, 0.25) is 0 Å². The van der Waals surface area contributed by atoms with Crippen molar-refractivity contribution in [3.8, 4) is 5.75 Å². The number of nitrogens with zero attached hydrogens (tertiary/aromatic N) is 1. The number of rotatable bonds is 7. The Morgan fingerprint density at radius 2 is 2.15 bits per heavy atom. The minimum absolute atomic E-state index is 0.000997. The summed E-state index contributed by atoms with van der Waals surface area (Å²) in [7, 11) is 0. The van der Waals surface area contributed by atoms with Gasteiger partial charge in [0.05, 0.1) is 32.0 Å². The molecule has 0 amide bonds. The van der Waals surface area contributed by atoms with Gasteiger partial charge in [-0.1, -0.05) is 25.1 Å². The molecular formula is C15H23NO4. The molecule has 0 saturated carbocycles. The van der Waals surface area contributed by atoms with E-state index in [1.165, 1.54) is 0 Å². The number of hydrogen-bond donors (Lipinski definition) is 2. The topological polar surface area (TPSA) is 62.2 Å². The summed E-state index contributed by atoms with van der Waals surface area (Å²) in [6, 6.07) is 7.83. The Morgan fingerprint density at radius 1 is 1.35 bits per heavy atom. The van der Waals surface area contributed by atoms with Crippen LogP contribution in [0.1, 0.15) is 12.5 Å². The van der Waals surface area contributed by atoms with Crippen LogP contribution >= 0.6 is 0 Å². The maximum Gasteiger partial charge on any atom is 0.123 e. The van der Waals surface area contributed by atoms with E-state index in [9.17, 15) is 5.11 Å². The molecule has 112 valence electrons. The van der Waals surface area contributed by atoms with Crippen molar-refractivity contribution in [2.45, 2.75) is 25.6 Å². The Bertz CT molecular complexity index is 413. The second-order valence-electron chi connectivity index (χ2n) is 4.92. The molecule has 0 radical (unpaired) electrons. The van der Waals surface area contributed by atoms with E-state index >= 15 is 0 Å². The lowest BCUT2D eigenvalue weighted by Gasteiger charge is -2.29. The summed E-state index contributed by atoms with van der Waals surface area (Å²) in [6.07, 6.45) is -0.430. The number of ether oxygens (including phenoxy) is 2. The average molecular weight is 281 g/mol. The van der Waals surface area contributed by atoms with Crippen molar-refractivity contribution in [1.29, 1.82) is 0 Å². The van der Waals surface area contributed by atoms with Crippen LogP contribution < -0.4 is 4.74 Å². The van der Waals surface area contributed by atoms with Gasteiger partial charge < -0.3 is 19.7 Å². The fourth-order valence-corrected chi connectivity index (χ4v) is 2.49. The number of para-hydroxylation sites is 1. The van der Waals surface area contributed by atoms with Crippen molar-refractivity contribution >= 4 is 0 Å². The van der Waals surface area contributed by atoms with E-state index in [0.717, 1.165) is 17.9 Å². The summed E-state index contributed by atoms with van der Waals surface area (Å²) in [4.78, 5) is 2.19. The van der Waals surface area contributed by atoms with Crippen LogP contribution in [0.25, 0.3) is 0 Å². The summed E-state index contributed by atoms with van der Waals surface area (Å²) in [6.45, 7) is 4.86. The van der Waals surface area contributed by atoms with Gasteiger partial charge in [-0.2, -0.15) is 0 Å². The Kier molecular flexibility index (Phi) is 5.79. The van der Waals surface area contributed by atoms with Gasteiger partial charge in [0.15, 0.2) is 0 Å². The largest absolute Gasteiger partial charge is 0.491 e. The van der Waals surface area contributed by atoms with Gasteiger partial charge in [-0.15, -0.1) is 0 Å². The van der Waals surface area contributed by atoms with E-state index in [4.69, 9.17) is 14.6 Å². The highest BCUT2D eigenvalue weighted by molar-refractivity contribution is 5.33. The fraction of sp³-hybridized carbons (Fsp3) is 0.600. The van der Waals surface area contributed by atoms with Gasteiger partial charge in [-0.3, -0.25) is 4.90 Å². The molecule has 1 aromatic rings. The zero-order valence-corrected chi connectivity index (χ0v) is 11.9. The van der Waals surface area contributed by atoms with E-state index < -0.39 is 6.10 Å². The zero-order valence-electron chi connectivity index (χ0n) is 11.9. The van der Waals surface area contributed by atoms with Crippen LogP contribution in [0.5, 0.6) is 5.75 Å². The number of likely N-dealkylation sites (N-methyl/N-ethyl adjacent to an activating group) is 1. The smallest absolute Gasteiger partial charge is 0.123 e. The standard InChI is InChI=1S/C15H23NO4/c1-2-16(13-10-19-11-14(13)18)9-12-5-3-4-6-15(12)20-8-7-17/h3-6,13-14,17-18H,2,7-11H2,1H3/t13-,14-/m1/s1. The number of aliphatic hydroxyl groups excluding tert-OH is 2.